The van der Waals surface area contributed by atoms with Crippen molar-refractivity contribution >= 4 is 38.1 Å². The molecule has 32 heavy (non-hydrogen) atoms. The summed E-state index contributed by atoms with van der Waals surface area (Å²) in [5.74, 6) is 1.13. The van der Waals surface area contributed by atoms with E-state index in [4.69, 9.17) is 4.74 Å². The predicted octanol–water partition coefficient (Wildman–Crippen LogP) is 5.70. The molecule has 0 fully saturated rings. The Balaban J connectivity index is 1.50. The lowest BCUT2D eigenvalue weighted by molar-refractivity contribution is -0.114. The van der Waals surface area contributed by atoms with Crippen molar-refractivity contribution in [3.63, 3.8) is 0 Å². The Kier molecular flexibility index (Phi) is 5.83. The van der Waals surface area contributed by atoms with Gasteiger partial charge in [-0.2, -0.15) is 0 Å². The van der Waals surface area contributed by atoms with Gasteiger partial charge in [-0.15, -0.1) is 0 Å². The quantitative estimate of drug-likeness (QED) is 0.398. The molecule has 2 N–H and O–H groups in total. The first-order valence-electron chi connectivity index (χ1n) is 9.98. The van der Waals surface area contributed by atoms with Gasteiger partial charge in [0.05, 0.1) is 4.90 Å². The number of hydrogen-bond donors (Lipinski definition) is 2. The third kappa shape index (κ3) is 4.90. The average molecular weight is 447 g/mol. The topological polar surface area (TPSA) is 84.5 Å². The zero-order chi connectivity index (χ0) is 22.7. The molecular weight excluding hydrogens is 424 g/mol. The molecule has 0 unspecified atom stereocenters. The minimum absolute atomic E-state index is 0.0979. The molecule has 0 saturated carbocycles. The lowest BCUT2D eigenvalue weighted by atomic mass is 10.1. The molecule has 4 aromatic rings. The van der Waals surface area contributed by atoms with E-state index in [-0.39, 0.29) is 10.8 Å². The number of rotatable bonds is 6. The lowest BCUT2D eigenvalue weighted by Gasteiger charge is -2.13. The summed E-state index contributed by atoms with van der Waals surface area (Å²) >= 11 is 0. The maximum absolute atomic E-state index is 12.7. The third-order valence-electron chi connectivity index (χ3n) is 4.86. The second-order valence-corrected chi connectivity index (χ2v) is 9.08. The van der Waals surface area contributed by atoms with Crippen LogP contribution in [0.25, 0.3) is 10.8 Å². The summed E-state index contributed by atoms with van der Waals surface area (Å²) < 4.78 is 34.0. The lowest BCUT2D eigenvalue weighted by Crippen LogP contribution is -2.13. The Morgan fingerprint density at radius 1 is 0.812 bits per heavy atom. The van der Waals surface area contributed by atoms with Gasteiger partial charge in [0.25, 0.3) is 10.0 Å². The van der Waals surface area contributed by atoms with Gasteiger partial charge < -0.3 is 10.1 Å². The molecule has 162 valence electrons. The fourth-order valence-corrected chi connectivity index (χ4v) is 4.37. The molecule has 0 spiro atoms. The van der Waals surface area contributed by atoms with Crippen molar-refractivity contribution in [1.82, 2.24) is 0 Å². The van der Waals surface area contributed by atoms with E-state index >= 15 is 0 Å². The Hall–Kier alpha value is -3.84. The van der Waals surface area contributed by atoms with E-state index in [1.165, 1.54) is 19.1 Å². The highest BCUT2D eigenvalue weighted by atomic mass is 32.2. The second-order valence-electron chi connectivity index (χ2n) is 7.40. The van der Waals surface area contributed by atoms with E-state index in [0.29, 0.717) is 22.9 Å². The van der Waals surface area contributed by atoms with Gasteiger partial charge in [0.1, 0.15) is 11.5 Å². The molecule has 0 radical (unpaired) electrons. The van der Waals surface area contributed by atoms with E-state index in [0.717, 1.165) is 16.3 Å². The van der Waals surface area contributed by atoms with Crippen LogP contribution in [0.2, 0.25) is 0 Å². The van der Waals surface area contributed by atoms with Crippen molar-refractivity contribution in [2.24, 2.45) is 0 Å². The number of nitrogens with one attached hydrogen (secondary N) is 2. The number of ether oxygens (including phenoxy) is 1. The summed E-state index contributed by atoms with van der Waals surface area (Å²) in [6, 6.07) is 25.0. The van der Waals surface area contributed by atoms with E-state index in [1.807, 2.05) is 49.4 Å². The molecule has 6 nitrogen and oxygen atoms in total. The van der Waals surface area contributed by atoms with Gasteiger partial charge in [-0.05, 0) is 77.9 Å². The summed E-state index contributed by atoms with van der Waals surface area (Å²) in [7, 11) is -3.77. The number of benzene rings is 4. The highest BCUT2D eigenvalue weighted by Crippen LogP contribution is 2.30. The number of amides is 1. The van der Waals surface area contributed by atoms with E-state index in [1.54, 1.807) is 30.3 Å². The standard InChI is InChI=1S/C25H22N2O4S/c1-17-15-22(27-32(29,30)24-12-8-21(9-13-24)26-18(2)28)10-14-25(17)31-23-11-7-19-5-3-4-6-20(19)16-23/h3-16,27H,1-2H3,(H,26,28). The minimum Gasteiger partial charge on any atom is -0.457 e. The number of anilines is 2. The van der Waals surface area contributed by atoms with Gasteiger partial charge in [0.15, 0.2) is 0 Å². The maximum Gasteiger partial charge on any atom is 0.261 e. The van der Waals surface area contributed by atoms with Crippen LogP contribution >= 0.6 is 0 Å². The van der Waals surface area contributed by atoms with Crippen LogP contribution < -0.4 is 14.8 Å². The van der Waals surface area contributed by atoms with Gasteiger partial charge in [-0.25, -0.2) is 8.42 Å². The molecule has 1 amide bonds. The zero-order valence-electron chi connectivity index (χ0n) is 17.6. The number of carbonyl (C=O) groups is 1. The molecule has 0 bridgehead atoms. The fourth-order valence-electron chi connectivity index (χ4n) is 3.32. The molecule has 0 saturated heterocycles. The van der Waals surface area contributed by atoms with Crippen LogP contribution in [0.15, 0.2) is 89.8 Å². The smallest absolute Gasteiger partial charge is 0.261 e. The molecule has 4 aromatic carbocycles. The van der Waals surface area contributed by atoms with Crippen molar-refractivity contribution < 1.29 is 17.9 Å². The largest absolute Gasteiger partial charge is 0.457 e. The first-order chi connectivity index (χ1) is 15.3. The summed E-state index contributed by atoms with van der Waals surface area (Å²) in [4.78, 5) is 11.2. The van der Waals surface area contributed by atoms with Crippen molar-refractivity contribution in [3.8, 4) is 11.5 Å². The number of aryl methyl sites for hydroxylation is 1. The van der Waals surface area contributed by atoms with Crippen LogP contribution in [-0.4, -0.2) is 14.3 Å². The highest BCUT2D eigenvalue weighted by molar-refractivity contribution is 7.92. The van der Waals surface area contributed by atoms with Gasteiger partial charge in [-0.1, -0.05) is 30.3 Å². The maximum atomic E-state index is 12.7. The molecule has 7 heteroatoms. The normalized spacial score (nSPS) is 11.2. The Morgan fingerprint density at radius 3 is 2.19 bits per heavy atom. The van der Waals surface area contributed by atoms with Crippen molar-refractivity contribution in [2.45, 2.75) is 18.7 Å². The summed E-state index contributed by atoms with van der Waals surface area (Å²) in [5, 5.41) is 4.82. The molecular formula is C25H22N2O4S. The molecule has 0 heterocycles. The number of carbonyl (C=O) groups excluding carboxylic acids is 1. The summed E-state index contributed by atoms with van der Waals surface area (Å²) in [6.45, 7) is 3.25. The Morgan fingerprint density at radius 2 is 1.50 bits per heavy atom. The summed E-state index contributed by atoms with van der Waals surface area (Å²) in [5.41, 5.74) is 1.75. The van der Waals surface area contributed by atoms with E-state index in [2.05, 4.69) is 10.0 Å². The third-order valence-corrected chi connectivity index (χ3v) is 6.26. The number of fused-ring (bicyclic) bond motifs is 1. The molecule has 0 aliphatic carbocycles. The van der Waals surface area contributed by atoms with E-state index < -0.39 is 10.0 Å². The molecule has 0 aromatic heterocycles. The van der Waals surface area contributed by atoms with Crippen LogP contribution in [0.3, 0.4) is 0 Å². The second kappa shape index (κ2) is 8.72. The zero-order valence-corrected chi connectivity index (χ0v) is 18.4. The number of hydrogen-bond acceptors (Lipinski definition) is 4. The monoisotopic (exact) mass is 446 g/mol. The van der Waals surface area contributed by atoms with Crippen LogP contribution in [0.5, 0.6) is 11.5 Å². The van der Waals surface area contributed by atoms with Crippen LogP contribution in [0, 0.1) is 6.92 Å². The first-order valence-corrected chi connectivity index (χ1v) is 11.5. The molecule has 4 rings (SSSR count). The Labute approximate surface area is 186 Å². The molecule has 0 aliphatic rings. The van der Waals surface area contributed by atoms with E-state index in [9.17, 15) is 13.2 Å². The highest BCUT2D eigenvalue weighted by Gasteiger charge is 2.15. The molecule has 0 atom stereocenters. The predicted molar refractivity (Wildman–Crippen MR) is 127 cm³/mol. The van der Waals surface area contributed by atoms with Crippen molar-refractivity contribution in [3.05, 3.63) is 90.5 Å². The summed E-state index contributed by atoms with van der Waals surface area (Å²) in [6.07, 6.45) is 0. The molecule has 0 aliphatic heterocycles. The first kappa shape index (κ1) is 21.4. The minimum atomic E-state index is -3.77. The van der Waals surface area contributed by atoms with Gasteiger partial charge in [0, 0.05) is 18.3 Å². The van der Waals surface area contributed by atoms with Gasteiger partial charge in [0.2, 0.25) is 5.91 Å². The van der Waals surface area contributed by atoms with Gasteiger partial charge in [-0.3, -0.25) is 9.52 Å². The van der Waals surface area contributed by atoms with Crippen molar-refractivity contribution in [2.75, 3.05) is 10.0 Å². The average Bonchev–Trinajstić information content (AvgIpc) is 2.75. The fraction of sp³-hybridized carbons (Fsp3) is 0.0800. The van der Waals surface area contributed by atoms with Crippen LogP contribution in [-0.2, 0) is 14.8 Å². The van der Waals surface area contributed by atoms with Crippen LogP contribution in [0.4, 0.5) is 11.4 Å². The SMILES string of the molecule is CC(=O)Nc1ccc(S(=O)(=O)Nc2ccc(Oc3ccc4ccccc4c3)c(C)c2)cc1. The van der Waals surface area contributed by atoms with Crippen molar-refractivity contribution in [1.29, 1.82) is 0 Å². The van der Waals surface area contributed by atoms with Gasteiger partial charge >= 0.3 is 0 Å². The van der Waals surface area contributed by atoms with Crippen LogP contribution in [0.1, 0.15) is 12.5 Å². The number of sulfonamides is 1. The Bertz CT molecular complexity index is 1400.